The van der Waals surface area contributed by atoms with Crippen LogP contribution >= 0.6 is 12.6 Å². The van der Waals surface area contributed by atoms with Gasteiger partial charge in [0.1, 0.15) is 0 Å². The minimum Gasteiger partial charge on any atom is -0.294 e. The van der Waals surface area contributed by atoms with Gasteiger partial charge in [0.15, 0.2) is 5.82 Å². The Morgan fingerprint density at radius 1 is 1.57 bits per heavy atom. The summed E-state index contributed by atoms with van der Waals surface area (Å²) < 4.78 is 0. The van der Waals surface area contributed by atoms with Gasteiger partial charge in [-0.2, -0.15) is 12.6 Å². The topological polar surface area (TPSA) is 46.1 Å². The number of aryl methyl sites for hydroxylation is 1. The van der Waals surface area contributed by atoms with Crippen molar-refractivity contribution >= 4 is 24.4 Å². The predicted molar refractivity (Wildman–Crippen MR) is 56.5 cm³/mol. The van der Waals surface area contributed by atoms with Crippen LogP contribution in [-0.2, 0) is 4.79 Å². The number of carbonyl (C=O) groups excluding carboxylic acids is 1. The maximum absolute atomic E-state index is 11.5. The van der Waals surface area contributed by atoms with Gasteiger partial charge in [0.25, 0.3) is 0 Å². The summed E-state index contributed by atoms with van der Waals surface area (Å²) in [7, 11) is 0. The van der Waals surface area contributed by atoms with Gasteiger partial charge >= 0.3 is 0 Å². The number of hydrogen-bond donors (Lipinski definition) is 1. The lowest BCUT2D eigenvalue weighted by Gasteiger charge is -2.14. The summed E-state index contributed by atoms with van der Waals surface area (Å²) in [6.07, 6.45) is 3.76. The Morgan fingerprint density at radius 3 is 2.93 bits per heavy atom. The lowest BCUT2D eigenvalue weighted by Crippen LogP contribution is -2.25. The molecule has 1 atom stereocenters. The first-order valence-corrected chi connectivity index (χ1v) is 4.95. The fourth-order valence-corrected chi connectivity index (χ4v) is 1.81. The molecule has 14 heavy (non-hydrogen) atoms. The van der Waals surface area contributed by atoms with Gasteiger partial charge < -0.3 is 0 Å². The summed E-state index contributed by atoms with van der Waals surface area (Å²) in [4.78, 5) is 21.4. The van der Waals surface area contributed by atoms with Gasteiger partial charge in [-0.3, -0.25) is 14.7 Å². The van der Waals surface area contributed by atoms with E-state index in [4.69, 9.17) is 0 Å². The Morgan fingerprint density at radius 2 is 2.36 bits per heavy atom. The zero-order valence-electron chi connectivity index (χ0n) is 7.84. The van der Waals surface area contributed by atoms with Crippen molar-refractivity contribution in [1.82, 2.24) is 9.97 Å². The van der Waals surface area contributed by atoms with Gasteiger partial charge in [-0.15, -0.1) is 0 Å². The molecule has 0 bridgehead atoms. The van der Waals surface area contributed by atoms with Crippen LogP contribution in [0.4, 0.5) is 5.82 Å². The maximum Gasteiger partial charge on any atom is 0.229 e. The molecule has 0 radical (unpaired) electrons. The zero-order valence-corrected chi connectivity index (χ0v) is 8.74. The first-order chi connectivity index (χ1) is 6.66. The minimum atomic E-state index is 0.0740. The summed E-state index contributed by atoms with van der Waals surface area (Å²) in [5, 5.41) is 0.116. The molecule has 1 aromatic rings. The van der Waals surface area contributed by atoms with Crippen LogP contribution in [0.25, 0.3) is 0 Å². The van der Waals surface area contributed by atoms with E-state index in [-0.39, 0.29) is 11.2 Å². The number of nitrogens with zero attached hydrogens (tertiary/aromatic N) is 3. The Bertz CT molecular complexity index is 369. The molecule has 0 aromatic carbocycles. The lowest BCUT2D eigenvalue weighted by atomic mass is 10.4. The summed E-state index contributed by atoms with van der Waals surface area (Å²) >= 11 is 4.28. The molecule has 0 spiro atoms. The molecule has 1 aliphatic heterocycles. The van der Waals surface area contributed by atoms with Crippen molar-refractivity contribution in [1.29, 1.82) is 0 Å². The van der Waals surface area contributed by atoms with E-state index in [1.54, 1.807) is 17.3 Å². The third-order valence-electron chi connectivity index (χ3n) is 2.12. The first-order valence-electron chi connectivity index (χ1n) is 4.44. The van der Waals surface area contributed by atoms with Gasteiger partial charge in [-0.05, 0) is 6.92 Å². The molecule has 2 heterocycles. The van der Waals surface area contributed by atoms with Crippen LogP contribution in [0.15, 0.2) is 12.4 Å². The van der Waals surface area contributed by atoms with E-state index < -0.39 is 0 Å². The maximum atomic E-state index is 11.5. The predicted octanol–water partition coefficient (Wildman–Crippen LogP) is 0.820. The van der Waals surface area contributed by atoms with Crippen LogP contribution in [-0.4, -0.2) is 27.7 Å². The number of carbonyl (C=O) groups is 1. The highest BCUT2D eigenvalue weighted by atomic mass is 32.1. The third kappa shape index (κ3) is 1.72. The zero-order chi connectivity index (χ0) is 10.1. The largest absolute Gasteiger partial charge is 0.294 e. The minimum absolute atomic E-state index is 0.0740. The highest BCUT2D eigenvalue weighted by Crippen LogP contribution is 2.21. The smallest absolute Gasteiger partial charge is 0.229 e. The van der Waals surface area contributed by atoms with Crippen molar-refractivity contribution in [3.63, 3.8) is 0 Å². The molecule has 5 heteroatoms. The van der Waals surface area contributed by atoms with E-state index in [0.717, 1.165) is 5.69 Å². The van der Waals surface area contributed by atoms with Crippen LogP contribution in [0.3, 0.4) is 0 Å². The fourth-order valence-electron chi connectivity index (χ4n) is 1.49. The molecular weight excluding hydrogens is 198 g/mol. The molecule has 4 nitrogen and oxygen atoms in total. The number of hydrogen-bond acceptors (Lipinski definition) is 4. The standard InChI is InChI=1S/C9H11N3OS/c1-6-3-10-4-8(11-6)12-5-7(14)2-9(12)13/h3-4,7,14H,2,5H2,1H3. The first kappa shape index (κ1) is 9.45. The lowest BCUT2D eigenvalue weighted by molar-refractivity contribution is -0.117. The molecule has 1 unspecified atom stereocenters. The van der Waals surface area contributed by atoms with Crippen molar-refractivity contribution < 1.29 is 4.79 Å². The van der Waals surface area contributed by atoms with E-state index in [1.165, 1.54) is 0 Å². The Hall–Kier alpha value is -1.10. The number of amides is 1. The fraction of sp³-hybridized carbons (Fsp3) is 0.444. The number of aromatic nitrogens is 2. The summed E-state index contributed by atoms with van der Waals surface area (Å²) in [5.41, 5.74) is 0.818. The third-order valence-corrected chi connectivity index (χ3v) is 2.47. The SMILES string of the molecule is Cc1cncc(N2CC(S)CC2=O)n1. The van der Waals surface area contributed by atoms with E-state index in [0.29, 0.717) is 18.8 Å². The molecule has 0 saturated carbocycles. The van der Waals surface area contributed by atoms with Crippen molar-refractivity contribution in [3.8, 4) is 0 Å². The molecule has 1 fully saturated rings. The summed E-state index contributed by atoms with van der Waals surface area (Å²) in [6, 6.07) is 0. The Kier molecular flexibility index (Phi) is 2.41. The summed E-state index contributed by atoms with van der Waals surface area (Å²) in [6.45, 7) is 2.48. The average Bonchev–Trinajstić information content (AvgIpc) is 2.45. The van der Waals surface area contributed by atoms with E-state index in [1.807, 2.05) is 6.92 Å². The Balaban J connectivity index is 2.27. The highest BCUT2D eigenvalue weighted by Gasteiger charge is 2.29. The molecule has 1 aliphatic rings. The van der Waals surface area contributed by atoms with Crippen molar-refractivity contribution in [3.05, 3.63) is 18.1 Å². The molecule has 0 aliphatic carbocycles. The van der Waals surface area contributed by atoms with Gasteiger partial charge in [-0.1, -0.05) is 0 Å². The van der Waals surface area contributed by atoms with Crippen LogP contribution in [0.1, 0.15) is 12.1 Å². The van der Waals surface area contributed by atoms with Crippen molar-refractivity contribution in [2.75, 3.05) is 11.4 Å². The molecule has 74 valence electrons. The van der Waals surface area contributed by atoms with Crippen LogP contribution in [0.2, 0.25) is 0 Å². The quantitative estimate of drug-likeness (QED) is 0.696. The van der Waals surface area contributed by atoms with Crippen LogP contribution in [0, 0.1) is 6.92 Å². The monoisotopic (exact) mass is 209 g/mol. The summed E-state index contributed by atoms with van der Waals surface area (Å²) in [5.74, 6) is 0.705. The van der Waals surface area contributed by atoms with E-state index in [9.17, 15) is 4.79 Å². The van der Waals surface area contributed by atoms with Crippen molar-refractivity contribution in [2.24, 2.45) is 0 Å². The second-order valence-electron chi connectivity index (χ2n) is 3.38. The van der Waals surface area contributed by atoms with Gasteiger partial charge in [0, 0.05) is 24.4 Å². The van der Waals surface area contributed by atoms with E-state index >= 15 is 0 Å². The number of anilines is 1. The normalized spacial score (nSPS) is 21.7. The second-order valence-corrected chi connectivity index (χ2v) is 4.11. The number of rotatable bonds is 1. The Labute approximate surface area is 87.8 Å². The molecular formula is C9H11N3OS. The molecule has 0 N–H and O–H groups in total. The second kappa shape index (κ2) is 3.57. The van der Waals surface area contributed by atoms with Gasteiger partial charge in [0.2, 0.25) is 5.91 Å². The molecule has 1 aromatic heterocycles. The molecule has 2 rings (SSSR count). The highest BCUT2D eigenvalue weighted by molar-refractivity contribution is 7.81. The van der Waals surface area contributed by atoms with Crippen LogP contribution < -0.4 is 4.90 Å². The average molecular weight is 209 g/mol. The van der Waals surface area contributed by atoms with Gasteiger partial charge in [0.05, 0.1) is 11.9 Å². The molecule has 1 amide bonds. The van der Waals surface area contributed by atoms with Crippen molar-refractivity contribution in [2.45, 2.75) is 18.6 Å². The van der Waals surface area contributed by atoms with Crippen LogP contribution in [0.5, 0.6) is 0 Å². The van der Waals surface area contributed by atoms with E-state index in [2.05, 4.69) is 22.6 Å². The number of thiol groups is 1. The van der Waals surface area contributed by atoms with Gasteiger partial charge in [-0.25, -0.2) is 4.98 Å². The molecule has 1 saturated heterocycles.